The number of nitrogens with zero attached hydrogens (tertiary/aromatic N) is 2. The Morgan fingerprint density at radius 3 is 2.45 bits per heavy atom. The van der Waals surface area contributed by atoms with Crippen molar-refractivity contribution in [1.29, 1.82) is 0 Å². The number of amidine groups is 1. The number of fused-ring (bicyclic) bond motifs is 1. The lowest BCUT2D eigenvalue weighted by Gasteiger charge is -2.08. The number of aliphatic hydroxyl groups excluding tert-OH is 1. The van der Waals surface area contributed by atoms with Gasteiger partial charge >= 0.3 is 5.97 Å². The highest BCUT2D eigenvalue weighted by atomic mass is 35.5. The number of amides is 1. The van der Waals surface area contributed by atoms with Crippen molar-refractivity contribution in [1.82, 2.24) is 0 Å². The molecule has 1 N–H and O–H groups in total. The van der Waals surface area contributed by atoms with Crippen molar-refractivity contribution in [2.45, 2.75) is 13.8 Å². The molecule has 1 heterocycles. The van der Waals surface area contributed by atoms with Crippen molar-refractivity contribution in [3.8, 4) is 0 Å². The van der Waals surface area contributed by atoms with Gasteiger partial charge in [-0.15, -0.1) is 0 Å². The number of carbonyl (C=O) groups is 2. The van der Waals surface area contributed by atoms with E-state index in [0.29, 0.717) is 16.1 Å². The lowest BCUT2D eigenvalue weighted by atomic mass is 9.99. The van der Waals surface area contributed by atoms with Crippen LogP contribution in [0.2, 0.25) is 10.0 Å². The van der Waals surface area contributed by atoms with Crippen LogP contribution >= 0.6 is 23.2 Å². The van der Waals surface area contributed by atoms with Crippen LogP contribution in [0.5, 0.6) is 0 Å². The maximum absolute atomic E-state index is 12.7. The number of esters is 1. The molecule has 0 fully saturated rings. The van der Waals surface area contributed by atoms with Gasteiger partial charge in [-0.3, -0.25) is 4.79 Å². The number of rotatable bonds is 4. The Labute approximate surface area is 177 Å². The van der Waals surface area contributed by atoms with Gasteiger partial charge in [0.25, 0.3) is 5.91 Å². The fourth-order valence-electron chi connectivity index (χ4n) is 2.83. The van der Waals surface area contributed by atoms with E-state index in [1.54, 1.807) is 31.2 Å². The Morgan fingerprint density at radius 1 is 1.14 bits per heavy atom. The zero-order valence-corrected chi connectivity index (χ0v) is 17.1. The summed E-state index contributed by atoms with van der Waals surface area (Å²) < 4.78 is 5.03. The number of hydrogen-bond acceptors (Lipinski definition) is 4. The van der Waals surface area contributed by atoms with Crippen molar-refractivity contribution >= 4 is 46.6 Å². The van der Waals surface area contributed by atoms with Gasteiger partial charge < -0.3 is 9.84 Å². The fraction of sp³-hybridized carbons (Fsp3) is 0.143. The average molecular weight is 431 g/mol. The molecule has 6 nitrogen and oxygen atoms in total. The number of carbonyl (C=O) groups excluding carboxylic acids is 2. The third kappa shape index (κ3) is 4.23. The summed E-state index contributed by atoms with van der Waals surface area (Å²) in [4.78, 5) is 33.4. The van der Waals surface area contributed by atoms with Gasteiger partial charge in [-0.25, -0.2) is 9.79 Å². The van der Waals surface area contributed by atoms with Crippen molar-refractivity contribution in [3.05, 3.63) is 80.5 Å². The van der Waals surface area contributed by atoms with Crippen LogP contribution in [0.25, 0.3) is 0 Å². The fourth-order valence-corrected chi connectivity index (χ4v) is 3.31. The number of allylic oxidation sites excluding steroid dienone is 1. The number of benzene rings is 2. The lowest BCUT2D eigenvalue weighted by Crippen LogP contribution is -2.18. The highest BCUT2D eigenvalue weighted by Crippen LogP contribution is 2.27. The summed E-state index contributed by atoms with van der Waals surface area (Å²) in [6.45, 7) is 3.16. The van der Waals surface area contributed by atoms with E-state index in [0.717, 1.165) is 0 Å². The first-order chi connectivity index (χ1) is 13.8. The van der Waals surface area contributed by atoms with Crippen molar-refractivity contribution in [2.75, 3.05) is 6.61 Å². The topological polar surface area (TPSA) is 88.3 Å². The van der Waals surface area contributed by atoms with Crippen molar-refractivity contribution in [2.24, 2.45) is 9.98 Å². The number of hydrogen-bond donors (Lipinski definition) is 1. The van der Waals surface area contributed by atoms with Gasteiger partial charge in [0.05, 0.1) is 22.9 Å². The van der Waals surface area contributed by atoms with Gasteiger partial charge in [0.1, 0.15) is 11.3 Å². The second-order valence-electron chi connectivity index (χ2n) is 6.05. The predicted octanol–water partition coefficient (Wildman–Crippen LogP) is 4.78. The first kappa shape index (κ1) is 20.8. The molecule has 29 heavy (non-hydrogen) atoms. The van der Waals surface area contributed by atoms with Crippen LogP contribution in [0.4, 0.5) is 0 Å². The number of aliphatic imine (C=N–C) groups is 2. The van der Waals surface area contributed by atoms with Gasteiger partial charge in [0, 0.05) is 16.1 Å². The van der Waals surface area contributed by atoms with E-state index in [2.05, 4.69) is 9.98 Å². The molecule has 1 aliphatic heterocycles. The van der Waals surface area contributed by atoms with Gasteiger partial charge in [-0.2, -0.15) is 4.99 Å². The molecule has 0 unspecified atom stereocenters. The van der Waals surface area contributed by atoms with Crippen LogP contribution < -0.4 is 0 Å². The molecule has 148 valence electrons. The number of halogens is 2. The van der Waals surface area contributed by atoms with E-state index in [4.69, 9.17) is 27.9 Å². The Morgan fingerprint density at radius 2 is 1.83 bits per heavy atom. The molecular formula is C21H16Cl2N2O4. The number of ether oxygens (including phenoxy) is 1. The van der Waals surface area contributed by atoms with E-state index in [-0.39, 0.29) is 40.1 Å². The van der Waals surface area contributed by atoms with Crippen LogP contribution in [0, 0.1) is 0 Å². The predicted molar refractivity (Wildman–Crippen MR) is 112 cm³/mol. The van der Waals surface area contributed by atoms with Crippen LogP contribution in [0.1, 0.15) is 35.3 Å². The Kier molecular flexibility index (Phi) is 6.15. The number of aliphatic hydroxyl groups is 1. The summed E-state index contributed by atoms with van der Waals surface area (Å²) >= 11 is 12.0. The molecule has 8 heteroatoms. The standard InChI is InChI=1S/C21H16Cl2N2O4/c1-3-29-21(28)17(11(2)26)18-13-6-4-5-7-14(13)19(24-18)25-20(27)15-9-8-12(22)10-16(15)23/h4-10,26H,3H2,1-2H3/b17-11-,25-19?. The van der Waals surface area contributed by atoms with Crippen LogP contribution in [0.15, 0.2) is 63.8 Å². The minimum Gasteiger partial charge on any atom is -0.512 e. The monoisotopic (exact) mass is 430 g/mol. The highest BCUT2D eigenvalue weighted by Gasteiger charge is 2.30. The second-order valence-corrected chi connectivity index (χ2v) is 6.90. The SMILES string of the molecule is CCOC(=O)/C(C1=NC(=NC(=O)c2ccc(Cl)cc2Cl)c2ccccc21)=C(/C)O. The van der Waals surface area contributed by atoms with Gasteiger partial charge in [-0.05, 0) is 32.0 Å². The Bertz CT molecular complexity index is 1100. The maximum atomic E-state index is 12.7. The molecule has 0 spiro atoms. The first-order valence-electron chi connectivity index (χ1n) is 8.67. The Hall–Kier alpha value is -2.96. The van der Waals surface area contributed by atoms with Crippen LogP contribution in [-0.4, -0.2) is 35.1 Å². The van der Waals surface area contributed by atoms with E-state index in [1.165, 1.54) is 25.1 Å². The minimum atomic E-state index is -0.714. The highest BCUT2D eigenvalue weighted by molar-refractivity contribution is 6.38. The molecule has 2 aromatic carbocycles. The molecule has 3 rings (SSSR count). The summed E-state index contributed by atoms with van der Waals surface area (Å²) in [6.07, 6.45) is 0. The zero-order chi connectivity index (χ0) is 21.1. The normalized spacial score (nSPS) is 14.9. The smallest absolute Gasteiger partial charge is 0.343 e. The van der Waals surface area contributed by atoms with Crippen molar-refractivity contribution < 1.29 is 19.4 Å². The molecular weight excluding hydrogens is 415 g/mol. The van der Waals surface area contributed by atoms with Gasteiger partial charge in [0.2, 0.25) is 0 Å². The third-order valence-electron chi connectivity index (χ3n) is 4.09. The second kappa shape index (κ2) is 8.59. The molecule has 0 aromatic heterocycles. The molecule has 1 amide bonds. The molecule has 0 atom stereocenters. The van der Waals surface area contributed by atoms with Gasteiger partial charge in [-0.1, -0.05) is 47.5 Å². The van der Waals surface area contributed by atoms with E-state index >= 15 is 0 Å². The van der Waals surface area contributed by atoms with Crippen molar-refractivity contribution in [3.63, 3.8) is 0 Å². The molecule has 2 aromatic rings. The summed E-state index contributed by atoms with van der Waals surface area (Å²) in [5, 5.41) is 10.6. The average Bonchev–Trinajstić information content (AvgIpc) is 3.00. The summed E-state index contributed by atoms with van der Waals surface area (Å²) in [7, 11) is 0. The lowest BCUT2D eigenvalue weighted by molar-refractivity contribution is -0.138. The molecule has 0 radical (unpaired) electrons. The quantitative estimate of drug-likeness (QED) is 0.429. The molecule has 0 aliphatic carbocycles. The van der Waals surface area contributed by atoms with E-state index < -0.39 is 11.9 Å². The van der Waals surface area contributed by atoms with Gasteiger partial charge in [0.15, 0.2) is 5.84 Å². The summed E-state index contributed by atoms with van der Waals surface area (Å²) in [6, 6.07) is 11.4. The largest absolute Gasteiger partial charge is 0.512 e. The van der Waals surface area contributed by atoms with Crippen LogP contribution in [0.3, 0.4) is 0 Å². The maximum Gasteiger partial charge on any atom is 0.343 e. The molecule has 0 saturated heterocycles. The zero-order valence-electron chi connectivity index (χ0n) is 15.6. The molecule has 0 bridgehead atoms. The Balaban J connectivity index is 2.11. The summed E-state index contributed by atoms with van der Waals surface area (Å²) in [5.74, 6) is -1.46. The minimum absolute atomic E-state index is 0.0820. The molecule has 0 saturated carbocycles. The third-order valence-corrected chi connectivity index (χ3v) is 4.64. The van der Waals surface area contributed by atoms with Crippen LogP contribution in [-0.2, 0) is 9.53 Å². The first-order valence-corrected chi connectivity index (χ1v) is 9.43. The van der Waals surface area contributed by atoms with E-state index in [9.17, 15) is 14.7 Å². The molecule has 1 aliphatic rings. The van der Waals surface area contributed by atoms with E-state index in [1.807, 2.05) is 0 Å². The summed E-state index contributed by atoms with van der Waals surface area (Å²) in [5.41, 5.74) is 1.38.